The van der Waals surface area contributed by atoms with E-state index in [2.05, 4.69) is 66.7 Å². The Kier molecular flexibility index (Phi) is 10.9. The van der Waals surface area contributed by atoms with Gasteiger partial charge in [0.2, 0.25) is 0 Å². The number of nitrogens with zero attached hydrogens (tertiary/aromatic N) is 2. The van der Waals surface area contributed by atoms with Crippen molar-refractivity contribution >= 4 is 24.0 Å². The van der Waals surface area contributed by atoms with Gasteiger partial charge in [-0.05, 0) is 27.8 Å². The number of imidazole rings is 2. The van der Waals surface area contributed by atoms with E-state index in [1.165, 1.54) is 14.2 Å². The van der Waals surface area contributed by atoms with Crippen LogP contribution in [0.1, 0.15) is 61.0 Å². The van der Waals surface area contributed by atoms with Gasteiger partial charge in [0.05, 0.1) is 51.1 Å². The van der Waals surface area contributed by atoms with E-state index in [9.17, 15) is 19.2 Å². The largest absolute Gasteiger partial charge is 0.453 e. The van der Waals surface area contributed by atoms with E-state index in [1.54, 1.807) is 12.4 Å². The van der Waals surface area contributed by atoms with Gasteiger partial charge >= 0.3 is 24.0 Å². The molecule has 278 valence electrons. The molecule has 0 bridgehead atoms. The second kappa shape index (κ2) is 16.3. The van der Waals surface area contributed by atoms with E-state index in [4.69, 9.17) is 9.72 Å². The predicted molar refractivity (Wildman–Crippen MR) is 198 cm³/mol. The van der Waals surface area contributed by atoms with Gasteiger partial charge in [0.1, 0.15) is 6.54 Å². The van der Waals surface area contributed by atoms with Gasteiger partial charge in [-0.3, -0.25) is 9.80 Å². The molecule has 5 atom stereocenters. The van der Waals surface area contributed by atoms with Crippen LogP contribution < -0.4 is 20.4 Å². The number of methoxy groups -OCH3 is 2. The Balaban J connectivity index is 1.00. The van der Waals surface area contributed by atoms with Crippen molar-refractivity contribution in [3.63, 3.8) is 0 Å². The summed E-state index contributed by atoms with van der Waals surface area (Å²) in [7, 11) is 2.56. The maximum Gasteiger partial charge on any atom is 0.407 e. The molecule has 4 amide bonds. The molecule has 7 rings (SSSR count). The summed E-state index contributed by atoms with van der Waals surface area (Å²) in [6, 6.07) is 24.6. The second-order valence-corrected chi connectivity index (χ2v) is 13.6. The molecular formula is C40H44N8O6+2. The van der Waals surface area contributed by atoms with Crippen molar-refractivity contribution in [3.8, 4) is 33.6 Å². The van der Waals surface area contributed by atoms with E-state index in [1.807, 2.05) is 42.5 Å². The second-order valence-electron chi connectivity index (χ2n) is 13.6. The van der Waals surface area contributed by atoms with Crippen molar-refractivity contribution in [2.45, 2.75) is 43.8 Å². The van der Waals surface area contributed by atoms with Crippen molar-refractivity contribution < 1.29 is 38.5 Å². The molecule has 6 N–H and O–H groups in total. The molecule has 54 heavy (non-hydrogen) atoms. The standard InChI is InChI=1S/C40H42N8O6/c1-53-39(51)43-24-34(49)47-20-6-10-32(47)36-41-22-30(44-36)27-16-12-25(13-17-27)26-14-18-28(19-15-26)31-23-42-37(45-31)33-11-7-21-48(33)38(50)35(46-40(52)54-2)29-8-4-3-5-9-29/h3-5,8-9,12-19,22-23,32-33,35H,6-7,10-11,20-21,24H2,1-2H3,(H,41,44)(H,42,45)(H,43,51)(H,46,52)/p+2/t32?,33?,35-/m1/s1. The number of carbonyl (C=O) groups excluding carboxylic acids is 4. The molecular weight excluding hydrogens is 688 g/mol. The minimum Gasteiger partial charge on any atom is -0.453 e. The van der Waals surface area contributed by atoms with Crippen LogP contribution in [0.25, 0.3) is 33.6 Å². The minimum absolute atomic E-state index is 0.0888. The molecule has 2 fully saturated rings. The lowest BCUT2D eigenvalue weighted by Crippen LogP contribution is -3.14. The number of alkyl carbamates (subject to hydrolysis) is 2. The van der Waals surface area contributed by atoms with Crippen LogP contribution in [-0.4, -0.2) is 77.8 Å². The number of hydrogen-bond donors (Lipinski definition) is 6. The van der Waals surface area contributed by atoms with E-state index in [-0.39, 0.29) is 30.4 Å². The summed E-state index contributed by atoms with van der Waals surface area (Å²) in [5.41, 5.74) is 6.50. The highest BCUT2D eigenvalue weighted by Crippen LogP contribution is 2.29. The third-order valence-corrected chi connectivity index (χ3v) is 10.4. The molecule has 0 spiro atoms. The highest BCUT2D eigenvalue weighted by molar-refractivity contribution is 5.81. The Hall–Kier alpha value is -6.12. The third-order valence-electron chi connectivity index (χ3n) is 10.4. The van der Waals surface area contributed by atoms with Gasteiger partial charge in [0.15, 0.2) is 29.8 Å². The number of aromatic nitrogens is 4. The summed E-state index contributed by atoms with van der Waals surface area (Å²) in [4.78, 5) is 68.1. The zero-order valence-electron chi connectivity index (χ0n) is 30.2. The Morgan fingerprint density at radius 3 is 1.74 bits per heavy atom. The number of rotatable bonds is 10. The van der Waals surface area contributed by atoms with Crippen LogP contribution in [0.15, 0.2) is 91.3 Å². The number of ether oxygens (including phenoxy) is 2. The van der Waals surface area contributed by atoms with Gasteiger partial charge in [-0.2, -0.15) is 0 Å². The molecule has 2 aromatic heterocycles. The Labute approximate surface area is 312 Å². The number of H-pyrrole nitrogens is 2. The fourth-order valence-corrected chi connectivity index (χ4v) is 7.57. The monoisotopic (exact) mass is 732 g/mol. The smallest absolute Gasteiger partial charge is 0.407 e. The number of likely N-dealkylation sites (tertiary alicyclic amines) is 2. The first-order chi connectivity index (χ1) is 26.3. The Morgan fingerprint density at radius 1 is 0.704 bits per heavy atom. The molecule has 2 aliphatic rings. The summed E-state index contributed by atoms with van der Waals surface area (Å²) < 4.78 is 9.41. The quantitative estimate of drug-likeness (QED) is 0.127. The van der Waals surface area contributed by atoms with Gasteiger partial charge < -0.3 is 30.1 Å². The number of hydrogen-bond acceptors (Lipinski definition) is 8. The summed E-state index contributed by atoms with van der Waals surface area (Å²) in [5, 5.41) is 5.21. The first kappa shape index (κ1) is 36.2. The summed E-state index contributed by atoms with van der Waals surface area (Å²) in [5.74, 6) is 1.27. The van der Waals surface area contributed by atoms with Gasteiger partial charge in [-0.25, -0.2) is 29.1 Å². The third kappa shape index (κ3) is 7.80. The lowest BCUT2D eigenvalue weighted by molar-refractivity contribution is -0.841. The number of amides is 4. The van der Waals surface area contributed by atoms with Crippen molar-refractivity contribution in [1.29, 1.82) is 0 Å². The molecule has 3 aromatic carbocycles. The number of carbonyl (C=O) groups is 4. The van der Waals surface area contributed by atoms with Gasteiger partial charge in [0.25, 0.3) is 0 Å². The topological polar surface area (TPSA) is 177 Å². The molecule has 4 heterocycles. The van der Waals surface area contributed by atoms with Crippen molar-refractivity contribution in [2.75, 3.05) is 33.9 Å². The maximum absolute atomic E-state index is 13.9. The van der Waals surface area contributed by atoms with Crippen LogP contribution in [-0.2, 0) is 19.1 Å². The number of aromatic amines is 2. The van der Waals surface area contributed by atoms with E-state index >= 15 is 0 Å². The first-order valence-electron chi connectivity index (χ1n) is 18.1. The van der Waals surface area contributed by atoms with Crippen LogP contribution in [0.3, 0.4) is 0 Å². The molecule has 0 aliphatic carbocycles. The molecule has 0 radical (unpaired) electrons. The van der Waals surface area contributed by atoms with Crippen molar-refractivity contribution in [1.82, 2.24) is 30.6 Å². The van der Waals surface area contributed by atoms with E-state index < -0.39 is 18.2 Å². The van der Waals surface area contributed by atoms with Gasteiger partial charge in [0, 0.05) is 25.7 Å². The number of nitrogens with one attached hydrogen (secondary N) is 6. The molecule has 14 heteroatoms. The van der Waals surface area contributed by atoms with Crippen molar-refractivity contribution in [2.24, 2.45) is 0 Å². The van der Waals surface area contributed by atoms with Gasteiger partial charge in [-0.15, -0.1) is 0 Å². The average Bonchev–Trinajstić information content (AvgIpc) is 4.06. The maximum atomic E-state index is 13.9. The van der Waals surface area contributed by atoms with Crippen LogP contribution in [0.5, 0.6) is 0 Å². The highest BCUT2D eigenvalue weighted by Gasteiger charge is 2.42. The zero-order valence-corrected chi connectivity index (χ0v) is 30.2. The molecule has 4 unspecified atom stereocenters. The molecule has 2 saturated heterocycles. The molecule has 5 aromatic rings. The molecule has 0 saturated carbocycles. The normalized spacial score (nSPS) is 19.9. The average molecular weight is 733 g/mol. The SMILES string of the molecule is COC(=O)NCC(=O)[NH+]1CCCC1c1ncc(-c2ccc(-c3ccc(-c4cnc(C5CCC[NH+]5C(=O)[C@H](NC(=O)OC)c5ccccc5)[nH]4)cc3)cc2)[nH]1. The van der Waals surface area contributed by atoms with Crippen molar-refractivity contribution in [3.05, 3.63) is 108 Å². The Morgan fingerprint density at radius 2 is 1.20 bits per heavy atom. The zero-order chi connectivity index (χ0) is 37.6. The number of quaternary nitrogens is 2. The van der Waals surface area contributed by atoms with Crippen LogP contribution in [0.4, 0.5) is 9.59 Å². The van der Waals surface area contributed by atoms with Crippen LogP contribution >= 0.6 is 0 Å². The molecule has 14 nitrogen and oxygen atoms in total. The summed E-state index contributed by atoms with van der Waals surface area (Å²) in [6.45, 7) is 1.24. The fraction of sp³-hybridized carbons (Fsp3) is 0.300. The predicted octanol–water partition coefficient (Wildman–Crippen LogP) is 3.08. The van der Waals surface area contributed by atoms with Crippen LogP contribution in [0, 0.1) is 0 Å². The lowest BCUT2D eigenvalue weighted by Gasteiger charge is -2.23. The number of benzene rings is 3. The van der Waals surface area contributed by atoms with Crippen LogP contribution in [0.2, 0.25) is 0 Å². The lowest BCUT2D eigenvalue weighted by atomic mass is 10.0. The highest BCUT2D eigenvalue weighted by atomic mass is 16.5. The van der Waals surface area contributed by atoms with E-state index in [0.29, 0.717) is 18.7 Å². The summed E-state index contributed by atoms with van der Waals surface area (Å²) >= 11 is 0. The fourth-order valence-electron chi connectivity index (χ4n) is 7.57. The van der Waals surface area contributed by atoms with Gasteiger partial charge in [-0.1, -0.05) is 78.9 Å². The summed E-state index contributed by atoms with van der Waals surface area (Å²) in [6.07, 6.45) is 5.69. The van der Waals surface area contributed by atoms with E-state index in [0.717, 1.165) is 80.8 Å². The Bertz CT molecular complexity index is 2100. The molecule has 2 aliphatic heterocycles. The minimum atomic E-state index is -0.840. The first-order valence-corrected chi connectivity index (χ1v) is 18.1.